The topological polar surface area (TPSA) is 38.8 Å². The third-order valence-electron chi connectivity index (χ3n) is 6.16. The molecule has 0 bridgehead atoms. The molecule has 0 spiro atoms. The van der Waals surface area contributed by atoms with Gasteiger partial charge in [0.2, 0.25) is 0 Å². The maximum absolute atomic E-state index is 14.9. The third kappa shape index (κ3) is 6.80. The Labute approximate surface area is 209 Å². The fourth-order valence-electron chi connectivity index (χ4n) is 4.39. The molecule has 0 saturated heterocycles. The van der Waals surface area contributed by atoms with Gasteiger partial charge >= 0.3 is 6.09 Å². The van der Waals surface area contributed by atoms with Crippen molar-refractivity contribution < 1.29 is 18.3 Å². The SMILES string of the molecule is CN(CC(F)CCO[Si](c1ccccc1)(c1ccccc1)C(C)(C)C)C(=O)OCc1ccccc1. The largest absolute Gasteiger partial charge is 0.445 e. The Balaban J connectivity index is 1.64. The molecule has 0 saturated carbocycles. The van der Waals surface area contributed by atoms with Crippen molar-refractivity contribution in [2.75, 3.05) is 20.2 Å². The number of amides is 1. The zero-order valence-electron chi connectivity index (χ0n) is 21.1. The Morgan fingerprint density at radius 3 is 1.86 bits per heavy atom. The van der Waals surface area contributed by atoms with Crippen LogP contribution < -0.4 is 10.4 Å². The first-order valence-electron chi connectivity index (χ1n) is 12.0. The zero-order chi connectivity index (χ0) is 25.3. The molecular weight excluding hydrogens is 457 g/mol. The van der Waals surface area contributed by atoms with Crippen molar-refractivity contribution in [1.82, 2.24) is 4.90 Å². The van der Waals surface area contributed by atoms with Gasteiger partial charge in [-0.05, 0) is 21.0 Å². The first-order valence-corrected chi connectivity index (χ1v) is 14.0. The predicted octanol–water partition coefficient (Wildman–Crippen LogP) is 5.56. The lowest BCUT2D eigenvalue weighted by Crippen LogP contribution is -2.66. The molecule has 0 heterocycles. The highest BCUT2D eigenvalue weighted by Gasteiger charge is 2.50. The molecule has 0 N–H and O–H groups in total. The maximum Gasteiger partial charge on any atom is 0.409 e. The fourth-order valence-corrected chi connectivity index (χ4v) is 8.97. The number of hydrogen-bond acceptors (Lipinski definition) is 3. The van der Waals surface area contributed by atoms with Gasteiger partial charge < -0.3 is 14.1 Å². The van der Waals surface area contributed by atoms with Crippen LogP contribution in [0.5, 0.6) is 0 Å². The fraction of sp³-hybridized carbons (Fsp3) is 0.345. The van der Waals surface area contributed by atoms with E-state index in [1.807, 2.05) is 66.7 Å². The summed E-state index contributed by atoms with van der Waals surface area (Å²) in [5.41, 5.74) is 0.893. The second-order valence-electron chi connectivity index (χ2n) is 9.82. The van der Waals surface area contributed by atoms with Crippen LogP contribution in [0.15, 0.2) is 91.0 Å². The molecule has 1 atom stereocenters. The van der Waals surface area contributed by atoms with Crippen molar-refractivity contribution in [3.05, 3.63) is 96.6 Å². The highest BCUT2D eigenvalue weighted by atomic mass is 28.4. The smallest absolute Gasteiger partial charge is 0.409 e. The lowest BCUT2D eigenvalue weighted by molar-refractivity contribution is 0.0922. The van der Waals surface area contributed by atoms with Gasteiger partial charge in [0.05, 0.1) is 6.54 Å². The van der Waals surface area contributed by atoms with Crippen LogP contribution >= 0.6 is 0 Å². The minimum absolute atomic E-state index is 0.0439. The summed E-state index contributed by atoms with van der Waals surface area (Å²) in [5, 5.41) is 2.16. The van der Waals surface area contributed by atoms with E-state index in [0.717, 1.165) is 15.9 Å². The van der Waals surface area contributed by atoms with Gasteiger partial charge in [-0.25, -0.2) is 9.18 Å². The van der Waals surface area contributed by atoms with Crippen LogP contribution in [0.1, 0.15) is 32.8 Å². The average Bonchev–Trinajstić information content (AvgIpc) is 2.86. The highest BCUT2D eigenvalue weighted by molar-refractivity contribution is 6.99. The Kier molecular flexibility index (Phi) is 9.24. The van der Waals surface area contributed by atoms with Crippen LogP contribution in [0.2, 0.25) is 5.04 Å². The van der Waals surface area contributed by atoms with Crippen molar-refractivity contribution in [2.24, 2.45) is 0 Å². The first-order chi connectivity index (χ1) is 16.7. The second kappa shape index (κ2) is 12.1. The van der Waals surface area contributed by atoms with Crippen molar-refractivity contribution in [1.29, 1.82) is 0 Å². The van der Waals surface area contributed by atoms with E-state index in [1.165, 1.54) is 4.90 Å². The molecule has 0 radical (unpaired) electrons. The highest BCUT2D eigenvalue weighted by Crippen LogP contribution is 2.36. The molecule has 0 aliphatic carbocycles. The van der Waals surface area contributed by atoms with Gasteiger partial charge in [0.1, 0.15) is 12.8 Å². The molecule has 35 heavy (non-hydrogen) atoms. The second-order valence-corrected chi connectivity index (χ2v) is 14.1. The van der Waals surface area contributed by atoms with E-state index < -0.39 is 20.6 Å². The van der Waals surface area contributed by atoms with Crippen molar-refractivity contribution in [2.45, 2.75) is 45.0 Å². The van der Waals surface area contributed by atoms with Crippen LogP contribution in [0.3, 0.4) is 0 Å². The molecule has 1 unspecified atom stereocenters. The number of benzene rings is 3. The van der Waals surface area contributed by atoms with Crippen molar-refractivity contribution >= 4 is 24.8 Å². The Morgan fingerprint density at radius 1 is 0.886 bits per heavy atom. The van der Waals surface area contributed by atoms with Crippen molar-refractivity contribution in [3.8, 4) is 0 Å². The Hall–Kier alpha value is -2.96. The van der Waals surface area contributed by atoms with E-state index >= 15 is 0 Å². The number of rotatable bonds is 10. The number of carbonyl (C=O) groups is 1. The molecule has 3 aromatic carbocycles. The van der Waals surface area contributed by atoms with E-state index in [-0.39, 0.29) is 31.2 Å². The molecule has 4 nitrogen and oxygen atoms in total. The summed E-state index contributed by atoms with van der Waals surface area (Å²) in [6.45, 7) is 6.98. The van der Waals surface area contributed by atoms with Gasteiger partial charge in [0.25, 0.3) is 8.32 Å². The molecule has 1 amide bonds. The normalized spacial score (nSPS) is 12.7. The van der Waals surface area contributed by atoms with E-state index in [1.54, 1.807) is 7.05 Å². The molecule has 186 valence electrons. The van der Waals surface area contributed by atoms with Crippen LogP contribution in [-0.4, -0.2) is 45.7 Å². The summed E-state index contributed by atoms with van der Waals surface area (Å²) < 4.78 is 27.0. The van der Waals surface area contributed by atoms with E-state index in [0.29, 0.717) is 0 Å². The summed E-state index contributed by atoms with van der Waals surface area (Å²) in [4.78, 5) is 13.6. The summed E-state index contributed by atoms with van der Waals surface area (Å²) in [5.74, 6) is 0. The number of carbonyl (C=O) groups excluding carboxylic acids is 1. The molecule has 3 aromatic rings. The number of nitrogens with zero attached hydrogens (tertiary/aromatic N) is 1. The lowest BCUT2D eigenvalue weighted by atomic mass is 10.2. The van der Waals surface area contributed by atoms with Gasteiger partial charge in [-0.2, -0.15) is 0 Å². The van der Waals surface area contributed by atoms with Gasteiger partial charge in [0.15, 0.2) is 0 Å². The minimum Gasteiger partial charge on any atom is -0.445 e. The molecule has 3 rings (SSSR count). The standard InChI is InChI=1S/C29H36FNO3Si/c1-29(2,3)35(26-16-10-6-11-17-26,27-18-12-7-13-19-27)34-21-20-25(30)22-31(4)28(32)33-23-24-14-8-5-9-15-24/h5-19,25H,20-23H2,1-4H3. The number of halogens is 1. The molecule has 6 heteroatoms. The van der Waals surface area contributed by atoms with Crippen molar-refractivity contribution in [3.63, 3.8) is 0 Å². The molecule has 0 aliphatic heterocycles. The maximum atomic E-state index is 14.9. The Bertz CT molecular complexity index is 1000. The van der Waals surface area contributed by atoms with E-state index in [2.05, 4.69) is 45.0 Å². The summed E-state index contributed by atoms with van der Waals surface area (Å²) in [7, 11) is -1.14. The van der Waals surface area contributed by atoms with Gasteiger partial charge in [0, 0.05) is 20.1 Å². The number of alkyl halides is 1. The number of hydrogen-bond donors (Lipinski definition) is 0. The molecule has 0 aromatic heterocycles. The Morgan fingerprint density at radius 2 is 1.37 bits per heavy atom. The van der Waals surface area contributed by atoms with Gasteiger partial charge in [-0.15, -0.1) is 0 Å². The van der Waals surface area contributed by atoms with Crippen LogP contribution in [0.25, 0.3) is 0 Å². The van der Waals surface area contributed by atoms with E-state index in [4.69, 9.17) is 9.16 Å². The quantitative estimate of drug-likeness (QED) is 0.347. The average molecular weight is 494 g/mol. The summed E-state index contributed by atoms with van der Waals surface area (Å²) >= 11 is 0. The molecule has 0 fully saturated rings. The summed E-state index contributed by atoms with van der Waals surface area (Å²) in [6, 6.07) is 30.0. The molecule has 0 aliphatic rings. The van der Waals surface area contributed by atoms with Crippen LogP contribution in [0.4, 0.5) is 9.18 Å². The van der Waals surface area contributed by atoms with Gasteiger partial charge in [-0.1, -0.05) is 112 Å². The summed E-state index contributed by atoms with van der Waals surface area (Å²) in [6.07, 6.45) is -1.56. The predicted molar refractivity (Wildman–Crippen MR) is 142 cm³/mol. The zero-order valence-corrected chi connectivity index (χ0v) is 22.1. The lowest BCUT2D eigenvalue weighted by Gasteiger charge is -2.43. The third-order valence-corrected chi connectivity index (χ3v) is 11.2. The minimum atomic E-state index is -2.70. The van der Waals surface area contributed by atoms with Crippen LogP contribution in [-0.2, 0) is 15.8 Å². The molecular formula is C29H36FNO3Si. The van der Waals surface area contributed by atoms with Crippen LogP contribution in [0, 0.1) is 0 Å². The monoisotopic (exact) mass is 493 g/mol. The van der Waals surface area contributed by atoms with E-state index in [9.17, 15) is 9.18 Å². The number of ether oxygens (including phenoxy) is 1. The first kappa shape index (κ1) is 26.6. The van der Waals surface area contributed by atoms with Gasteiger partial charge in [-0.3, -0.25) is 0 Å².